The predicted molar refractivity (Wildman–Crippen MR) is 75.8 cm³/mol. The van der Waals surface area contributed by atoms with Gasteiger partial charge in [0.1, 0.15) is 5.75 Å². The van der Waals surface area contributed by atoms with Gasteiger partial charge in [-0.1, -0.05) is 22.0 Å². The van der Waals surface area contributed by atoms with Crippen molar-refractivity contribution in [2.45, 2.75) is 20.4 Å². The zero-order chi connectivity index (χ0) is 13.1. The quantitative estimate of drug-likeness (QED) is 0.940. The number of pyridine rings is 1. The molecule has 0 spiro atoms. The third kappa shape index (κ3) is 3.09. The van der Waals surface area contributed by atoms with Gasteiger partial charge in [-0.2, -0.15) is 0 Å². The number of nitrogens with zero attached hydrogens (tertiary/aromatic N) is 1. The number of halogens is 1. The summed E-state index contributed by atoms with van der Waals surface area (Å²) in [7, 11) is 0. The Morgan fingerprint density at radius 2 is 2.00 bits per heavy atom. The lowest BCUT2D eigenvalue weighted by Crippen LogP contribution is -1.99. The van der Waals surface area contributed by atoms with E-state index in [-0.39, 0.29) is 0 Å². The number of aryl methyl sites for hydroxylation is 2. The van der Waals surface area contributed by atoms with E-state index in [1.807, 2.05) is 44.2 Å². The van der Waals surface area contributed by atoms with Crippen LogP contribution in [0.4, 0.5) is 0 Å². The van der Waals surface area contributed by atoms with Gasteiger partial charge in [-0.25, -0.2) is 4.98 Å². The van der Waals surface area contributed by atoms with Crippen LogP contribution in [-0.2, 0) is 6.54 Å². The molecule has 1 aromatic carbocycles. The number of ether oxygens (including phenoxy) is 1. The highest BCUT2D eigenvalue weighted by molar-refractivity contribution is 9.10. The van der Waals surface area contributed by atoms with Crippen LogP contribution in [0.1, 0.15) is 16.8 Å². The van der Waals surface area contributed by atoms with Crippen LogP contribution in [0.3, 0.4) is 0 Å². The van der Waals surface area contributed by atoms with Gasteiger partial charge in [-0.15, -0.1) is 0 Å². The lowest BCUT2D eigenvalue weighted by atomic mass is 10.2. The van der Waals surface area contributed by atoms with Crippen LogP contribution in [0, 0.1) is 13.8 Å². The molecule has 2 N–H and O–H groups in total. The molecule has 2 rings (SSSR count). The summed E-state index contributed by atoms with van der Waals surface area (Å²) in [6.07, 6.45) is 0. The van der Waals surface area contributed by atoms with E-state index < -0.39 is 0 Å². The zero-order valence-corrected chi connectivity index (χ0v) is 12.0. The van der Waals surface area contributed by atoms with E-state index in [1.54, 1.807) is 0 Å². The van der Waals surface area contributed by atoms with E-state index in [2.05, 4.69) is 20.9 Å². The molecule has 0 radical (unpaired) electrons. The average Bonchev–Trinajstić information content (AvgIpc) is 2.33. The number of nitrogens with two attached hydrogens (primary N) is 1. The van der Waals surface area contributed by atoms with Crippen molar-refractivity contribution < 1.29 is 4.74 Å². The van der Waals surface area contributed by atoms with E-state index in [9.17, 15) is 0 Å². The molecule has 4 heteroatoms. The molecular formula is C14H15BrN2O. The van der Waals surface area contributed by atoms with Crippen molar-refractivity contribution in [2.75, 3.05) is 0 Å². The van der Waals surface area contributed by atoms with Crippen LogP contribution < -0.4 is 10.5 Å². The Kier molecular flexibility index (Phi) is 3.99. The van der Waals surface area contributed by atoms with Crippen LogP contribution >= 0.6 is 15.9 Å². The maximum absolute atomic E-state index is 5.82. The summed E-state index contributed by atoms with van der Waals surface area (Å²) in [6, 6.07) is 9.74. The normalized spacial score (nSPS) is 10.4. The van der Waals surface area contributed by atoms with Gasteiger partial charge in [0.2, 0.25) is 5.88 Å². The van der Waals surface area contributed by atoms with Crippen molar-refractivity contribution in [3.63, 3.8) is 0 Å². The lowest BCUT2D eigenvalue weighted by Gasteiger charge is -2.10. The standard InChI is InChI=1S/C14H15BrN2O/c1-9-3-4-12(15)7-13(9)18-14-6-11(8-16)5-10(2)17-14/h3-7H,8,16H2,1-2H3. The van der Waals surface area contributed by atoms with E-state index >= 15 is 0 Å². The lowest BCUT2D eigenvalue weighted by molar-refractivity contribution is 0.457. The van der Waals surface area contributed by atoms with E-state index in [0.717, 1.165) is 27.0 Å². The number of hydrogen-bond acceptors (Lipinski definition) is 3. The smallest absolute Gasteiger partial charge is 0.219 e. The van der Waals surface area contributed by atoms with Gasteiger partial charge >= 0.3 is 0 Å². The number of aromatic nitrogens is 1. The van der Waals surface area contributed by atoms with Crippen molar-refractivity contribution >= 4 is 15.9 Å². The number of rotatable bonds is 3. The Morgan fingerprint density at radius 3 is 2.72 bits per heavy atom. The summed E-state index contributed by atoms with van der Waals surface area (Å²) >= 11 is 3.43. The van der Waals surface area contributed by atoms with Gasteiger partial charge in [-0.3, -0.25) is 0 Å². The minimum atomic E-state index is 0.483. The van der Waals surface area contributed by atoms with Crippen LogP contribution in [0.5, 0.6) is 11.6 Å². The molecule has 94 valence electrons. The highest BCUT2D eigenvalue weighted by Gasteiger charge is 2.05. The number of benzene rings is 1. The fourth-order valence-electron chi connectivity index (χ4n) is 1.67. The first kappa shape index (κ1) is 13.1. The minimum Gasteiger partial charge on any atom is -0.439 e. The predicted octanol–water partition coefficient (Wildman–Crippen LogP) is 3.71. The molecule has 0 amide bonds. The maximum atomic E-state index is 5.82. The maximum Gasteiger partial charge on any atom is 0.219 e. The molecule has 0 unspecified atom stereocenters. The van der Waals surface area contributed by atoms with Crippen LogP contribution in [0.25, 0.3) is 0 Å². The van der Waals surface area contributed by atoms with Gasteiger partial charge in [0.05, 0.1) is 0 Å². The minimum absolute atomic E-state index is 0.483. The fraction of sp³-hybridized carbons (Fsp3) is 0.214. The van der Waals surface area contributed by atoms with Crippen molar-refractivity contribution in [1.82, 2.24) is 4.98 Å². The topological polar surface area (TPSA) is 48.1 Å². The highest BCUT2D eigenvalue weighted by Crippen LogP contribution is 2.27. The van der Waals surface area contributed by atoms with Gasteiger partial charge < -0.3 is 10.5 Å². The van der Waals surface area contributed by atoms with Gasteiger partial charge in [0, 0.05) is 22.8 Å². The summed E-state index contributed by atoms with van der Waals surface area (Å²) in [6.45, 7) is 4.42. The van der Waals surface area contributed by atoms with Gasteiger partial charge in [0.15, 0.2) is 0 Å². The van der Waals surface area contributed by atoms with E-state index in [0.29, 0.717) is 12.4 Å². The van der Waals surface area contributed by atoms with Crippen molar-refractivity contribution in [2.24, 2.45) is 5.73 Å². The van der Waals surface area contributed by atoms with Crippen molar-refractivity contribution in [3.8, 4) is 11.6 Å². The molecule has 3 nitrogen and oxygen atoms in total. The second-order valence-electron chi connectivity index (χ2n) is 4.17. The largest absolute Gasteiger partial charge is 0.439 e. The number of hydrogen-bond donors (Lipinski definition) is 1. The average molecular weight is 307 g/mol. The molecule has 0 saturated heterocycles. The molecule has 0 aliphatic heterocycles. The van der Waals surface area contributed by atoms with E-state index in [4.69, 9.17) is 10.5 Å². The Morgan fingerprint density at radius 1 is 1.22 bits per heavy atom. The fourth-order valence-corrected chi connectivity index (χ4v) is 2.01. The first-order valence-corrected chi connectivity index (χ1v) is 6.49. The van der Waals surface area contributed by atoms with Crippen molar-refractivity contribution in [1.29, 1.82) is 0 Å². The first-order chi connectivity index (χ1) is 8.58. The molecule has 0 aliphatic carbocycles. The van der Waals surface area contributed by atoms with Crippen molar-refractivity contribution in [3.05, 3.63) is 51.6 Å². The molecule has 0 bridgehead atoms. The highest BCUT2D eigenvalue weighted by atomic mass is 79.9. The Labute approximate surface area is 115 Å². The Bertz CT molecular complexity index is 570. The second-order valence-corrected chi connectivity index (χ2v) is 5.09. The third-order valence-electron chi connectivity index (χ3n) is 2.59. The summed E-state index contributed by atoms with van der Waals surface area (Å²) in [5, 5.41) is 0. The molecular weight excluding hydrogens is 292 g/mol. The third-order valence-corrected chi connectivity index (χ3v) is 3.08. The van der Waals surface area contributed by atoms with Crippen LogP contribution in [-0.4, -0.2) is 4.98 Å². The molecule has 0 atom stereocenters. The summed E-state index contributed by atoms with van der Waals surface area (Å²) < 4.78 is 6.80. The SMILES string of the molecule is Cc1cc(CN)cc(Oc2cc(Br)ccc2C)n1. The first-order valence-electron chi connectivity index (χ1n) is 5.70. The molecule has 1 aromatic heterocycles. The van der Waals surface area contributed by atoms with Crippen LogP contribution in [0.2, 0.25) is 0 Å². The summed E-state index contributed by atoms with van der Waals surface area (Å²) in [4.78, 5) is 4.35. The van der Waals surface area contributed by atoms with E-state index in [1.165, 1.54) is 0 Å². The van der Waals surface area contributed by atoms with Gasteiger partial charge in [0.25, 0.3) is 0 Å². The Balaban J connectivity index is 2.33. The molecule has 18 heavy (non-hydrogen) atoms. The molecule has 0 saturated carbocycles. The van der Waals surface area contributed by atoms with Gasteiger partial charge in [-0.05, 0) is 43.2 Å². The summed E-state index contributed by atoms with van der Waals surface area (Å²) in [5.41, 5.74) is 8.63. The molecule has 2 aromatic rings. The summed E-state index contributed by atoms with van der Waals surface area (Å²) in [5.74, 6) is 1.38. The molecule has 1 heterocycles. The zero-order valence-electron chi connectivity index (χ0n) is 10.4. The second kappa shape index (κ2) is 5.50. The molecule has 0 fully saturated rings. The van der Waals surface area contributed by atoms with Crippen LogP contribution in [0.15, 0.2) is 34.8 Å². The molecule has 0 aliphatic rings. The monoisotopic (exact) mass is 306 g/mol. The Hall–Kier alpha value is -1.39.